The highest BCUT2D eigenvalue weighted by atomic mass is 16.2. The highest BCUT2D eigenvalue weighted by molar-refractivity contribution is 5.94. The molecule has 0 heterocycles. The quantitative estimate of drug-likeness (QED) is 0.753. The number of Topliss-reactive ketones (excluding diaryl/α,β-unsaturated/α-hetero) is 1. The molecule has 2 saturated carbocycles. The SMILES string of the molecule is CC1(C(=O)N[C@H]2CCC2=O)CCCCC1. The molecule has 0 aliphatic heterocycles. The average Bonchev–Trinajstić information content (AvgIpc) is 2.24. The van der Waals surface area contributed by atoms with Crippen LogP contribution in [0.4, 0.5) is 0 Å². The summed E-state index contributed by atoms with van der Waals surface area (Å²) in [6.45, 7) is 2.03. The van der Waals surface area contributed by atoms with Gasteiger partial charge in [-0.15, -0.1) is 0 Å². The minimum absolute atomic E-state index is 0.0975. The van der Waals surface area contributed by atoms with Gasteiger partial charge in [-0.3, -0.25) is 9.59 Å². The molecule has 0 unspecified atom stereocenters. The number of nitrogens with one attached hydrogen (secondary N) is 1. The first-order chi connectivity index (χ1) is 7.12. The highest BCUT2D eigenvalue weighted by Crippen LogP contribution is 2.36. The van der Waals surface area contributed by atoms with Crippen LogP contribution >= 0.6 is 0 Å². The summed E-state index contributed by atoms with van der Waals surface area (Å²) in [5, 5.41) is 2.89. The molecule has 0 aromatic rings. The van der Waals surface area contributed by atoms with E-state index < -0.39 is 0 Å². The second kappa shape index (κ2) is 3.95. The normalized spacial score (nSPS) is 29.4. The Morgan fingerprint density at radius 3 is 2.47 bits per heavy atom. The van der Waals surface area contributed by atoms with Crippen molar-refractivity contribution in [3.63, 3.8) is 0 Å². The summed E-state index contributed by atoms with van der Waals surface area (Å²) in [7, 11) is 0. The number of carbonyl (C=O) groups is 2. The van der Waals surface area contributed by atoms with Crippen molar-refractivity contribution in [3.05, 3.63) is 0 Å². The van der Waals surface area contributed by atoms with Gasteiger partial charge in [-0.05, 0) is 19.3 Å². The molecule has 0 bridgehead atoms. The van der Waals surface area contributed by atoms with Gasteiger partial charge in [0.05, 0.1) is 6.04 Å². The predicted octanol–water partition coefficient (Wildman–Crippen LogP) is 1.80. The second-order valence-electron chi connectivity index (χ2n) is 5.15. The van der Waals surface area contributed by atoms with Crippen LogP contribution in [0.15, 0.2) is 0 Å². The summed E-state index contributed by atoms with van der Waals surface area (Å²) in [6, 6.07) is -0.170. The Kier molecular flexibility index (Phi) is 2.81. The Hall–Kier alpha value is -0.860. The molecule has 0 aromatic heterocycles. The van der Waals surface area contributed by atoms with Crippen molar-refractivity contribution in [2.75, 3.05) is 0 Å². The molecule has 3 nitrogen and oxygen atoms in total. The number of ketones is 1. The first kappa shape index (κ1) is 10.7. The van der Waals surface area contributed by atoms with Gasteiger partial charge in [0.25, 0.3) is 0 Å². The van der Waals surface area contributed by atoms with E-state index in [2.05, 4.69) is 5.32 Å². The van der Waals surface area contributed by atoms with Gasteiger partial charge in [-0.1, -0.05) is 26.2 Å². The lowest BCUT2D eigenvalue weighted by Crippen LogP contribution is -2.52. The number of carbonyl (C=O) groups excluding carboxylic acids is 2. The molecule has 3 heteroatoms. The zero-order valence-corrected chi connectivity index (χ0v) is 9.34. The Labute approximate surface area is 90.6 Å². The molecule has 2 aliphatic carbocycles. The van der Waals surface area contributed by atoms with E-state index in [1.165, 1.54) is 6.42 Å². The molecule has 0 aromatic carbocycles. The monoisotopic (exact) mass is 209 g/mol. The topological polar surface area (TPSA) is 46.2 Å². The maximum atomic E-state index is 12.0. The van der Waals surface area contributed by atoms with Gasteiger partial charge >= 0.3 is 0 Å². The van der Waals surface area contributed by atoms with Crippen molar-refractivity contribution in [1.82, 2.24) is 5.32 Å². The van der Waals surface area contributed by atoms with Crippen molar-refractivity contribution in [1.29, 1.82) is 0 Å². The number of hydrogen-bond acceptors (Lipinski definition) is 2. The Morgan fingerprint density at radius 2 is 2.00 bits per heavy atom. The van der Waals surface area contributed by atoms with Gasteiger partial charge < -0.3 is 5.32 Å². The van der Waals surface area contributed by atoms with E-state index in [9.17, 15) is 9.59 Å². The fourth-order valence-electron chi connectivity index (χ4n) is 2.45. The molecule has 1 amide bonds. The number of rotatable bonds is 2. The van der Waals surface area contributed by atoms with Crippen LogP contribution < -0.4 is 5.32 Å². The summed E-state index contributed by atoms with van der Waals surface area (Å²) < 4.78 is 0. The Morgan fingerprint density at radius 1 is 1.33 bits per heavy atom. The van der Waals surface area contributed by atoms with E-state index in [0.717, 1.165) is 32.1 Å². The maximum absolute atomic E-state index is 12.0. The van der Waals surface area contributed by atoms with E-state index in [-0.39, 0.29) is 23.1 Å². The number of amides is 1. The molecule has 15 heavy (non-hydrogen) atoms. The van der Waals surface area contributed by atoms with Crippen LogP contribution in [0.3, 0.4) is 0 Å². The van der Waals surface area contributed by atoms with Gasteiger partial charge in [-0.2, -0.15) is 0 Å². The van der Waals surface area contributed by atoms with Gasteiger partial charge in [0.2, 0.25) is 5.91 Å². The molecule has 2 rings (SSSR count). The Bertz CT molecular complexity index is 279. The van der Waals surface area contributed by atoms with E-state index in [1.807, 2.05) is 6.92 Å². The van der Waals surface area contributed by atoms with Crippen molar-refractivity contribution >= 4 is 11.7 Å². The first-order valence-corrected chi connectivity index (χ1v) is 5.95. The zero-order valence-electron chi connectivity index (χ0n) is 9.34. The standard InChI is InChI=1S/C12H19NO2/c1-12(7-3-2-4-8-12)11(15)13-9-5-6-10(9)14/h9H,2-8H2,1H3,(H,13,15)/t9-/m0/s1. The second-order valence-corrected chi connectivity index (χ2v) is 5.15. The lowest BCUT2D eigenvalue weighted by Gasteiger charge is -2.35. The van der Waals surface area contributed by atoms with Crippen LogP contribution in [0.2, 0.25) is 0 Å². The van der Waals surface area contributed by atoms with Gasteiger partial charge in [-0.25, -0.2) is 0 Å². The molecule has 2 fully saturated rings. The van der Waals surface area contributed by atoms with Crippen molar-refractivity contribution in [3.8, 4) is 0 Å². The molecule has 0 saturated heterocycles. The third-order valence-electron chi connectivity index (χ3n) is 3.88. The van der Waals surface area contributed by atoms with Gasteiger partial charge in [0.15, 0.2) is 5.78 Å². The minimum Gasteiger partial charge on any atom is -0.346 e. The average molecular weight is 209 g/mol. The van der Waals surface area contributed by atoms with Gasteiger partial charge in [0.1, 0.15) is 0 Å². The molecular weight excluding hydrogens is 190 g/mol. The maximum Gasteiger partial charge on any atom is 0.226 e. The molecule has 2 aliphatic rings. The smallest absolute Gasteiger partial charge is 0.226 e. The molecule has 1 N–H and O–H groups in total. The van der Waals surface area contributed by atoms with E-state index >= 15 is 0 Å². The molecule has 84 valence electrons. The van der Waals surface area contributed by atoms with Gasteiger partial charge in [0, 0.05) is 11.8 Å². The van der Waals surface area contributed by atoms with Crippen molar-refractivity contribution in [2.24, 2.45) is 5.41 Å². The summed E-state index contributed by atoms with van der Waals surface area (Å²) >= 11 is 0. The van der Waals surface area contributed by atoms with Crippen LogP contribution in [-0.2, 0) is 9.59 Å². The van der Waals surface area contributed by atoms with Crippen molar-refractivity contribution in [2.45, 2.75) is 57.9 Å². The summed E-state index contributed by atoms with van der Waals surface area (Å²) in [6.07, 6.45) is 6.94. The van der Waals surface area contributed by atoms with Crippen LogP contribution in [-0.4, -0.2) is 17.7 Å². The molecule has 0 spiro atoms. The largest absolute Gasteiger partial charge is 0.346 e. The lowest BCUT2D eigenvalue weighted by atomic mass is 9.74. The first-order valence-electron chi connectivity index (χ1n) is 5.95. The van der Waals surface area contributed by atoms with E-state index in [0.29, 0.717) is 6.42 Å². The summed E-state index contributed by atoms with van der Waals surface area (Å²) in [5.41, 5.74) is -0.214. The third-order valence-corrected chi connectivity index (χ3v) is 3.88. The zero-order chi connectivity index (χ0) is 10.9. The Balaban J connectivity index is 1.91. The molecule has 1 atom stereocenters. The highest BCUT2D eigenvalue weighted by Gasteiger charge is 2.38. The fourth-order valence-corrected chi connectivity index (χ4v) is 2.45. The minimum atomic E-state index is -0.214. The van der Waals surface area contributed by atoms with E-state index in [4.69, 9.17) is 0 Å². The summed E-state index contributed by atoms with van der Waals surface area (Å²) in [4.78, 5) is 23.1. The van der Waals surface area contributed by atoms with Crippen molar-refractivity contribution < 1.29 is 9.59 Å². The van der Waals surface area contributed by atoms with Crippen LogP contribution in [0.5, 0.6) is 0 Å². The van der Waals surface area contributed by atoms with E-state index in [1.54, 1.807) is 0 Å². The molecular formula is C12H19NO2. The summed E-state index contributed by atoms with van der Waals surface area (Å²) in [5.74, 6) is 0.294. The van der Waals surface area contributed by atoms with Crippen LogP contribution in [0.1, 0.15) is 51.9 Å². The predicted molar refractivity (Wildman–Crippen MR) is 57.4 cm³/mol. The third kappa shape index (κ3) is 2.06. The lowest BCUT2D eigenvalue weighted by molar-refractivity contribution is -0.138. The van der Waals surface area contributed by atoms with Crippen LogP contribution in [0, 0.1) is 5.41 Å². The molecule has 0 radical (unpaired) electrons. The fraction of sp³-hybridized carbons (Fsp3) is 0.833. The number of hydrogen-bond donors (Lipinski definition) is 1. The van der Waals surface area contributed by atoms with Crippen LogP contribution in [0.25, 0.3) is 0 Å².